The Balaban J connectivity index is 1.91. The zero-order valence-corrected chi connectivity index (χ0v) is 12.5. The fraction of sp³-hybridized carbons (Fsp3) is 0.688. The van der Waals surface area contributed by atoms with Gasteiger partial charge in [-0.05, 0) is 42.7 Å². The Morgan fingerprint density at radius 2 is 2.10 bits per heavy atom. The number of nitrogens with zero attached hydrogens (tertiary/aromatic N) is 1. The van der Waals surface area contributed by atoms with Crippen LogP contribution in [0.5, 0.6) is 0 Å². The van der Waals surface area contributed by atoms with Crippen molar-refractivity contribution in [1.82, 2.24) is 10.4 Å². The van der Waals surface area contributed by atoms with Crippen molar-refractivity contribution in [1.29, 1.82) is 0 Å². The molecule has 1 atom stereocenters. The lowest BCUT2D eigenvalue weighted by atomic mass is 9.76. The van der Waals surface area contributed by atoms with Crippen LogP contribution in [-0.4, -0.2) is 11.0 Å². The summed E-state index contributed by atoms with van der Waals surface area (Å²) in [6.07, 6.45) is 12.4. The molecule has 1 saturated carbocycles. The van der Waals surface area contributed by atoms with E-state index in [1.54, 1.807) is 6.20 Å². The molecule has 2 rings (SSSR count). The summed E-state index contributed by atoms with van der Waals surface area (Å²) in [4.78, 5) is 4.17. The number of hydrogen-bond acceptors (Lipinski definition) is 4. The standard InChI is InChI=1S/C16H28N4/c1-2-3-12-4-6-13(7-5-12)16(20-18)10-14-11-19-9-8-15(14)17/h8-9,11-13,16,20H,2-7,10,18H2,1H3,(H2,17,19). The lowest BCUT2D eigenvalue weighted by molar-refractivity contribution is 0.213. The first-order chi connectivity index (χ1) is 9.74. The number of pyridine rings is 1. The predicted molar refractivity (Wildman–Crippen MR) is 83.8 cm³/mol. The largest absolute Gasteiger partial charge is 0.398 e. The van der Waals surface area contributed by atoms with Gasteiger partial charge >= 0.3 is 0 Å². The van der Waals surface area contributed by atoms with Gasteiger partial charge in [0, 0.05) is 24.1 Å². The van der Waals surface area contributed by atoms with Crippen molar-refractivity contribution in [3.8, 4) is 0 Å². The summed E-state index contributed by atoms with van der Waals surface area (Å²) in [5.74, 6) is 7.37. The maximum atomic E-state index is 6.01. The molecule has 1 aliphatic rings. The van der Waals surface area contributed by atoms with Crippen LogP contribution < -0.4 is 17.0 Å². The van der Waals surface area contributed by atoms with E-state index < -0.39 is 0 Å². The average molecular weight is 276 g/mol. The van der Waals surface area contributed by atoms with E-state index in [4.69, 9.17) is 11.6 Å². The lowest BCUT2D eigenvalue weighted by Crippen LogP contribution is -2.43. The average Bonchev–Trinajstić information content (AvgIpc) is 2.48. The molecule has 0 amide bonds. The van der Waals surface area contributed by atoms with E-state index in [2.05, 4.69) is 17.3 Å². The van der Waals surface area contributed by atoms with Gasteiger partial charge in [0.1, 0.15) is 0 Å². The fourth-order valence-electron chi connectivity index (χ4n) is 3.49. The summed E-state index contributed by atoms with van der Waals surface area (Å²) in [5, 5.41) is 0. The highest BCUT2D eigenvalue weighted by Crippen LogP contribution is 2.34. The van der Waals surface area contributed by atoms with Gasteiger partial charge in [-0.15, -0.1) is 0 Å². The number of nitrogens with one attached hydrogen (secondary N) is 1. The molecule has 112 valence electrons. The molecule has 4 heteroatoms. The van der Waals surface area contributed by atoms with Crippen LogP contribution in [0, 0.1) is 11.8 Å². The first-order valence-corrected chi connectivity index (χ1v) is 7.89. The van der Waals surface area contributed by atoms with Crippen LogP contribution >= 0.6 is 0 Å². The third kappa shape index (κ3) is 3.93. The first-order valence-electron chi connectivity index (χ1n) is 7.89. The molecule has 1 unspecified atom stereocenters. The molecule has 0 aromatic carbocycles. The topological polar surface area (TPSA) is 77.0 Å². The Hall–Kier alpha value is -1.13. The second kappa shape index (κ2) is 7.60. The second-order valence-electron chi connectivity index (χ2n) is 6.12. The SMILES string of the molecule is CCCC1CCC(C(Cc2cnccc2N)NN)CC1. The number of nitrogen functional groups attached to an aromatic ring is 1. The van der Waals surface area contributed by atoms with E-state index in [9.17, 15) is 0 Å². The van der Waals surface area contributed by atoms with Crippen molar-refractivity contribution in [2.45, 2.75) is 57.9 Å². The minimum Gasteiger partial charge on any atom is -0.398 e. The van der Waals surface area contributed by atoms with Crippen molar-refractivity contribution in [3.05, 3.63) is 24.0 Å². The van der Waals surface area contributed by atoms with Crippen LogP contribution in [0.15, 0.2) is 18.5 Å². The molecule has 1 fully saturated rings. The summed E-state index contributed by atoms with van der Waals surface area (Å²) >= 11 is 0. The fourth-order valence-corrected chi connectivity index (χ4v) is 3.49. The van der Waals surface area contributed by atoms with Gasteiger partial charge in [0.15, 0.2) is 0 Å². The third-order valence-electron chi connectivity index (χ3n) is 4.75. The second-order valence-corrected chi connectivity index (χ2v) is 6.12. The van der Waals surface area contributed by atoms with E-state index in [-0.39, 0.29) is 0 Å². The molecule has 0 radical (unpaired) electrons. The van der Waals surface area contributed by atoms with Crippen LogP contribution in [0.2, 0.25) is 0 Å². The Kier molecular flexibility index (Phi) is 5.80. The smallest absolute Gasteiger partial charge is 0.0378 e. The van der Waals surface area contributed by atoms with Crippen LogP contribution in [0.4, 0.5) is 5.69 Å². The highest BCUT2D eigenvalue weighted by Gasteiger charge is 2.27. The predicted octanol–water partition coefficient (Wildman–Crippen LogP) is 2.64. The van der Waals surface area contributed by atoms with Gasteiger partial charge in [-0.1, -0.05) is 32.6 Å². The van der Waals surface area contributed by atoms with E-state index in [1.807, 2.05) is 12.3 Å². The van der Waals surface area contributed by atoms with Gasteiger partial charge < -0.3 is 5.73 Å². The van der Waals surface area contributed by atoms with Crippen LogP contribution in [0.25, 0.3) is 0 Å². The summed E-state index contributed by atoms with van der Waals surface area (Å²) in [5.41, 5.74) is 10.9. The molecule has 0 bridgehead atoms. The van der Waals surface area contributed by atoms with Crippen LogP contribution in [0.3, 0.4) is 0 Å². The van der Waals surface area contributed by atoms with Crippen LogP contribution in [-0.2, 0) is 6.42 Å². The van der Waals surface area contributed by atoms with Gasteiger partial charge in [-0.2, -0.15) is 0 Å². The number of aromatic nitrogens is 1. The van der Waals surface area contributed by atoms with Crippen molar-refractivity contribution in [3.63, 3.8) is 0 Å². The summed E-state index contributed by atoms with van der Waals surface area (Å²) < 4.78 is 0. The Morgan fingerprint density at radius 3 is 2.70 bits per heavy atom. The van der Waals surface area contributed by atoms with Crippen molar-refractivity contribution >= 4 is 5.69 Å². The highest BCUT2D eigenvalue weighted by atomic mass is 15.2. The summed E-state index contributed by atoms with van der Waals surface area (Å²) in [6, 6.07) is 2.17. The van der Waals surface area contributed by atoms with E-state index in [1.165, 1.54) is 38.5 Å². The third-order valence-corrected chi connectivity index (χ3v) is 4.75. The molecule has 0 saturated heterocycles. The molecule has 0 spiro atoms. The van der Waals surface area contributed by atoms with Gasteiger partial charge in [0.25, 0.3) is 0 Å². The maximum absolute atomic E-state index is 6.01. The van der Waals surface area contributed by atoms with Gasteiger partial charge in [0.2, 0.25) is 0 Å². The molecular formula is C16H28N4. The number of anilines is 1. The quantitative estimate of drug-likeness (QED) is 0.551. The number of nitrogens with two attached hydrogens (primary N) is 2. The number of hydrogen-bond donors (Lipinski definition) is 3. The zero-order valence-electron chi connectivity index (χ0n) is 12.5. The first kappa shape index (κ1) is 15.3. The minimum atomic E-state index is 0.309. The monoisotopic (exact) mass is 276 g/mol. The summed E-state index contributed by atoms with van der Waals surface area (Å²) in [7, 11) is 0. The van der Waals surface area contributed by atoms with Crippen molar-refractivity contribution in [2.24, 2.45) is 17.7 Å². The van der Waals surface area contributed by atoms with E-state index in [0.717, 1.165) is 23.6 Å². The highest BCUT2D eigenvalue weighted by molar-refractivity contribution is 5.44. The molecule has 1 aliphatic carbocycles. The van der Waals surface area contributed by atoms with Gasteiger partial charge in [-0.3, -0.25) is 16.3 Å². The molecular weight excluding hydrogens is 248 g/mol. The van der Waals surface area contributed by atoms with Crippen molar-refractivity contribution < 1.29 is 0 Å². The van der Waals surface area contributed by atoms with Crippen molar-refractivity contribution in [2.75, 3.05) is 5.73 Å². The summed E-state index contributed by atoms with van der Waals surface area (Å²) in [6.45, 7) is 2.28. The Labute approximate surface area is 122 Å². The van der Waals surface area contributed by atoms with Gasteiger partial charge in [0.05, 0.1) is 0 Å². The molecule has 20 heavy (non-hydrogen) atoms. The molecule has 1 aromatic heterocycles. The lowest BCUT2D eigenvalue weighted by Gasteiger charge is -2.33. The van der Waals surface area contributed by atoms with Gasteiger partial charge in [-0.25, -0.2) is 0 Å². The van der Waals surface area contributed by atoms with E-state index in [0.29, 0.717) is 12.0 Å². The molecule has 4 nitrogen and oxygen atoms in total. The molecule has 1 heterocycles. The maximum Gasteiger partial charge on any atom is 0.0378 e. The molecule has 0 aliphatic heterocycles. The van der Waals surface area contributed by atoms with E-state index >= 15 is 0 Å². The normalized spacial score (nSPS) is 24.5. The zero-order chi connectivity index (χ0) is 14.4. The Morgan fingerprint density at radius 1 is 1.35 bits per heavy atom. The Bertz CT molecular complexity index is 399. The minimum absolute atomic E-state index is 0.309. The number of hydrazine groups is 1. The number of rotatable bonds is 6. The molecule has 1 aromatic rings. The van der Waals surface area contributed by atoms with Crippen LogP contribution in [0.1, 0.15) is 51.0 Å². The molecule has 5 N–H and O–H groups in total.